The van der Waals surface area contributed by atoms with Crippen molar-refractivity contribution >= 4 is 11.6 Å². The van der Waals surface area contributed by atoms with Crippen molar-refractivity contribution in [3.8, 4) is 0 Å². The molecule has 1 aromatic heterocycles. The average molecular weight is 217 g/mol. The minimum absolute atomic E-state index is 0.000611. The van der Waals surface area contributed by atoms with Crippen LogP contribution >= 0.6 is 0 Å². The van der Waals surface area contributed by atoms with Gasteiger partial charge in [-0.3, -0.25) is 0 Å². The Balaban J connectivity index is 2.90. The van der Waals surface area contributed by atoms with Gasteiger partial charge in [0.1, 0.15) is 0 Å². The molecule has 1 aromatic rings. The van der Waals surface area contributed by atoms with E-state index in [1.54, 1.807) is 6.92 Å². The van der Waals surface area contributed by atoms with Crippen molar-refractivity contribution in [2.75, 3.05) is 30.3 Å². The molecule has 15 heavy (non-hydrogen) atoms. The Labute approximate surface area is 86.3 Å². The average Bonchev–Trinajstić information content (AvgIpc) is 2.20. The quantitative estimate of drug-likeness (QED) is 0.693. The molecule has 3 N–H and O–H groups in total. The van der Waals surface area contributed by atoms with Gasteiger partial charge in [-0.05, 0) is 6.92 Å². The third kappa shape index (κ3) is 3.02. The number of halogens is 2. The van der Waals surface area contributed by atoms with Crippen LogP contribution in [-0.2, 0) is 0 Å². The zero-order chi connectivity index (χ0) is 11.3. The molecule has 0 aromatic carbocycles. The molecule has 84 valence electrons. The fourth-order valence-electron chi connectivity index (χ4n) is 1.06. The second kappa shape index (κ2) is 5.45. The molecular weight excluding hydrogens is 204 g/mol. The summed E-state index contributed by atoms with van der Waals surface area (Å²) in [7, 11) is 0. The van der Waals surface area contributed by atoms with Gasteiger partial charge in [-0.1, -0.05) is 0 Å². The first-order valence-corrected chi connectivity index (χ1v) is 4.63. The summed E-state index contributed by atoms with van der Waals surface area (Å²) < 4.78 is 26.2. The molecule has 0 spiro atoms. The Morgan fingerprint density at radius 1 is 1.27 bits per heavy atom. The van der Waals surface area contributed by atoms with Gasteiger partial charge in [0, 0.05) is 19.2 Å². The molecule has 1 heterocycles. The third-order valence-electron chi connectivity index (χ3n) is 1.68. The molecule has 0 bridgehead atoms. The van der Waals surface area contributed by atoms with Crippen LogP contribution in [0.1, 0.15) is 6.92 Å². The monoisotopic (exact) mass is 217 g/mol. The molecule has 0 amide bonds. The molecule has 0 aliphatic heterocycles. The lowest BCUT2D eigenvalue weighted by molar-refractivity contribution is 0.310. The number of anilines is 2. The Hall–Kier alpha value is -1.43. The van der Waals surface area contributed by atoms with E-state index in [-0.39, 0.29) is 24.8 Å². The van der Waals surface area contributed by atoms with Crippen molar-refractivity contribution in [3.05, 3.63) is 17.7 Å². The second-order valence-electron chi connectivity index (χ2n) is 2.83. The SMILES string of the molecule is CCNc1nc(NCCO)c(F)cc1F. The number of hydrogen-bond acceptors (Lipinski definition) is 4. The van der Waals surface area contributed by atoms with Gasteiger partial charge >= 0.3 is 0 Å². The number of nitrogens with one attached hydrogen (secondary N) is 2. The van der Waals surface area contributed by atoms with E-state index < -0.39 is 11.6 Å². The molecule has 0 unspecified atom stereocenters. The molecule has 0 radical (unpaired) electrons. The number of nitrogens with zero attached hydrogens (tertiary/aromatic N) is 1. The summed E-state index contributed by atoms with van der Waals surface area (Å²) in [5.41, 5.74) is 0. The van der Waals surface area contributed by atoms with Gasteiger partial charge in [0.2, 0.25) is 0 Å². The minimum atomic E-state index is -0.775. The van der Waals surface area contributed by atoms with Gasteiger partial charge in [0.25, 0.3) is 0 Å². The van der Waals surface area contributed by atoms with E-state index in [1.165, 1.54) is 0 Å². The smallest absolute Gasteiger partial charge is 0.168 e. The summed E-state index contributed by atoms with van der Waals surface area (Å²) in [6, 6.07) is 0.755. The highest BCUT2D eigenvalue weighted by Crippen LogP contribution is 2.18. The highest BCUT2D eigenvalue weighted by Gasteiger charge is 2.10. The summed E-state index contributed by atoms with van der Waals surface area (Å²) >= 11 is 0. The Morgan fingerprint density at radius 2 is 1.87 bits per heavy atom. The topological polar surface area (TPSA) is 57.2 Å². The predicted molar refractivity (Wildman–Crippen MR) is 53.9 cm³/mol. The van der Waals surface area contributed by atoms with Gasteiger partial charge in [-0.2, -0.15) is 0 Å². The van der Waals surface area contributed by atoms with E-state index in [4.69, 9.17) is 5.11 Å². The van der Waals surface area contributed by atoms with Crippen molar-refractivity contribution in [2.45, 2.75) is 6.92 Å². The molecule has 0 fully saturated rings. The lowest BCUT2D eigenvalue weighted by Crippen LogP contribution is -2.11. The van der Waals surface area contributed by atoms with Crippen LogP contribution in [0.4, 0.5) is 20.4 Å². The maximum atomic E-state index is 13.1. The van der Waals surface area contributed by atoms with E-state index in [2.05, 4.69) is 15.6 Å². The van der Waals surface area contributed by atoms with Crippen LogP contribution in [0, 0.1) is 11.6 Å². The molecule has 1 rings (SSSR count). The van der Waals surface area contributed by atoms with Crippen LogP contribution in [0.25, 0.3) is 0 Å². The maximum Gasteiger partial charge on any atom is 0.168 e. The zero-order valence-corrected chi connectivity index (χ0v) is 8.35. The maximum absolute atomic E-state index is 13.1. The van der Waals surface area contributed by atoms with Crippen LogP contribution in [0.15, 0.2) is 6.07 Å². The van der Waals surface area contributed by atoms with Gasteiger partial charge in [0.05, 0.1) is 6.61 Å². The van der Waals surface area contributed by atoms with Gasteiger partial charge in [-0.25, -0.2) is 13.8 Å². The Kier molecular flexibility index (Phi) is 4.23. The number of rotatable bonds is 5. The number of aliphatic hydroxyl groups is 1. The molecule has 0 atom stereocenters. The standard InChI is InChI=1S/C9H13F2N3O/c1-2-12-8-6(10)5-7(11)9(14-8)13-3-4-15/h5,15H,2-4H2,1H3,(H2,12,13,14). The van der Waals surface area contributed by atoms with E-state index in [1.807, 2.05) is 0 Å². The van der Waals surface area contributed by atoms with Crippen molar-refractivity contribution in [1.82, 2.24) is 4.98 Å². The van der Waals surface area contributed by atoms with Crippen LogP contribution in [-0.4, -0.2) is 29.8 Å². The van der Waals surface area contributed by atoms with Gasteiger partial charge in [0.15, 0.2) is 23.3 Å². The van der Waals surface area contributed by atoms with Crippen LogP contribution in [0.3, 0.4) is 0 Å². The molecule has 0 aliphatic carbocycles. The normalized spacial score (nSPS) is 10.1. The van der Waals surface area contributed by atoms with E-state index in [0.717, 1.165) is 6.07 Å². The lowest BCUT2D eigenvalue weighted by atomic mass is 10.4. The fraction of sp³-hybridized carbons (Fsp3) is 0.444. The third-order valence-corrected chi connectivity index (χ3v) is 1.68. The van der Waals surface area contributed by atoms with Crippen molar-refractivity contribution in [3.63, 3.8) is 0 Å². The molecule has 4 nitrogen and oxygen atoms in total. The minimum Gasteiger partial charge on any atom is -0.395 e. The Morgan fingerprint density at radius 3 is 2.40 bits per heavy atom. The van der Waals surface area contributed by atoms with Crippen molar-refractivity contribution < 1.29 is 13.9 Å². The summed E-state index contributed by atoms with van der Waals surface area (Å²) in [5.74, 6) is -1.58. The molecule has 0 saturated carbocycles. The number of hydrogen-bond donors (Lipinski definition) is 3. The zero-order valence-electron chi connectivity index (χ0n) is 8.35. The molecular formula is C9H13F2N3O. The van der Waals surface area contributed by atoms with Crippen LogP contribution < -0.4 is 10.6 Å². The predicted octanol–water partition coefficient (Wildman–Crippen LogP) is 1.20. The van der Waals surface area contributed by atoms with Gasteiger partial charge in [-0.15, -0.1) is 0 Å². The number of aromatic nitrogens is 1. The first-order valence-electron chi connectivity index (χ1n) is 4.63. The fourth-order valence-corrected chi connectivity index (χ4v) is 1.06. The summed E-state index contributed by atoms with van der Waals surface area (Å²) in [5, 5.41) is 13.8. The molecule has 6 heteroatoms. The largest absolute Gasteiger partial charge is 0.395 e. The lowest BCUT2D eigenvalue weighted by Gasteiger charge is -2.09. The van der Waals surface area contributed by atoms with E-state index in [0.29, 0.717) is 6.54 Å². The van der Waals surface area contributed by atoms with Crippen LogP contribution in [0.5, 0.6) is 0 Å². The highest BCUT2D eigenvalue weighted by atomic mass is 19.1. The number of aliphatic hydroxyl groups excluding tert-OH is 1. The molecule has 0 saturated heterocycles. The van der Waals surface area contributed by atoms with E-state index >= 15 is 0 Å². The number of pyridine rings is 1. The first kappa shape index (κ1) is 11.6. The second-order valence-corrected chi connectivity index (χ2v) is 2.83. The summed E-state index contributed by atoms with van der Waals surface area (Å²) in [6.07, 6.45) is 0. The van der Waals surface area contributed by atoms with Crippen molar-refractivity contribution in [2.24, 2.45) is 0 Å². The molecule has 0 aliphatic rings. The first-order chi connectivity index (χ1) is 7.19. The van der Waals surface area contributed by atoms with Crippen molar-refractivity contribution in [1.29, 1.82) is 0 Å². The van der Waals surface area contributed by atoms with Crippen LogP contribution in [0.2, 0.25) is 0 Å². The summed E-state index contributed by atoms with van der Waals surface area (Å²) in [6.45, 7) is 2.30. The summed E-state index contributed by atoms with van der Waals surface area (Å²) in [4.78, 5) is 3.72. The van der Waals surface area contributed by atoms with Gasteiger partial charge < -0.3 is 15.7 Å². The van der Waals surface area contributed by atoms with E-state index in [9.17, 15) is 8.78 Å². The Bertz CT molecular complexity index is 333. The highest BCUT2D eigenvalue weighted by molar-refractivity contribution is 5.47.